The molecule has 0 saturated heterocycles. The number of hydrogen-bond donors (Lipinski definition) is 1. The predicted octanol–water partition coefficient (Wildman–Crippen LogP) is 4.23. The molecule has 20 heavy (non-hydrogen) atoms. The number of nitrogens with one attached hydrogen (secondary N) is 1. The van der Waals surface area contributed by atoms with Gasteiger partial charge in [-0.3, -0.25) is 0 Å². The van der Waals surface area contributed by atoms with E-state index < -0.39 is 0 Å². The van der Waals surface area contributed by atoms with Crippen molar-refractivity contribution < 1.29 is 4.74 Å². The topological polar surface area (TPSA) is 21.3 Å². The molecule has 1 N–H and O–H groups in total. The zero-order valence-corrected chi connectivity index (χ0v) is 13.5. The first-order valence-corrected chi connectivity index (χ1v) is 7.56. The molecule has 1 unspecified atom stereocenters. The molecule has 106 valence electrons. The van der Waals surface area contributed by atoms with Gasteiger partial charge >= 0.3 is 0 Å². The average Bonchev–Trinajstić information content (AvgIpc) is 2.45. The highest BCUT2D eigenvalue weighted by molar-refractivity contribution is 9.10. The first-order chi connectivity index (χ1) is 9.70. The fraction of sp³-hybridized carbons (Fsp3) is 0.294. The summed E-state index contributed by atoms with van der Waals surface area (Å²) in [5.41, 5.74) is 3.64. The second-order valence-corrected chi connectivity index (χ2v) is 5.72. The van der Waals surface area contributed by atoms with E-state index in [1.807, 2.05) is 25.2 Å². The molecular formula is C17H20BrNO. The van der Waals surface area contributed by atoms with Crippen LogP contribution in [0.25, 0.3) is 0 Å². The van der Waals surface area contributed by atoms with Crippen molar-refractivity contribution in [2.75, 3.05) is 13.6 Å². The molecule has 0 aromatic heterocycles. The summed E-state index contributed by atoms with van der Waals surface area (Å²) in [7, 11) is 1.95. The molecule has 0 bridgehead atoms. The number of likely N-dealkylation sites (N-methyl/N-ethyl adjacent to an activating group) is 1. The number of aryl methyl sites for hydroxylation is 1. The van der Waals surface area contributed by atoms with Crippen molar-refractivity contribution in [2.45, 2.75) is 19.6 Å². The predicted molar refractivity (Wildman–Crippen MR) is 86.8 cm³/mol. The highest BCUT2D eigenvalue weighted by Crippen LogP contribution is 2.22. The maximum atomic E-state index is 6.10. The van der Waals surface area contributed by atoms with E-state index in [-0.39, 0.29) is 6.10 Å². The molecule has 0 aliphatic rings. The minimum atomic E-state index is 0.0620. The lowest BCUT2D eigenvalue weighted by Crippen LogP contribution is -2.19. The van der Waals surface area contributed by atoms with Crippen LogP contribution < -0.4 is 5.32 Å². The van der Waals surface area contributed by atoms with E-state index >= 15 is 0 Å². The Balaban J connectivity index is 2.08. The van der Waals surface area contributed by atoms with Crippen molar-refractivity contribution in [3.05, 3.63) is 69.7 Å². The van der Waals surface area contributed by atoms with Crippen LogP contribution in [0.3, 0.4) is 0 Å². The second-order valence-electron chi connectivity index (χ2n) is 4.86. The van der Waals surface area contributed by atoms with Gasteiger partial charge in [0.25, 0.3) is 0 Å². The van der Waals surface area contributed by atoms with E-state index in [0.717, 1.165) is 11.0 Å². The molecule has 0 amide bonds. The molecule has 0 spiro atoms. The van der Waals surface area contributed by atoms with Gasteiger partial charge in [-0.05, 0) is 31.2 Å². The summed E-state index contributed by atoms with van der Waals surface area (Å²) in [6, 6.07) is 16.7. The molecule has 0 fully saturated rings. The molecule has 2 aromatic rings. The van der Waals surface area contributed by atoms with Crippen LogP contribution >= 0.6 is 15.9 Å². The summed E-state index contributed by atoms with van der Waals surface area (Å²) in [6.07, 6.45) is 0.0620. The minimum absolute atomic E-state index is 0.0620. The molecular weight excluding hydrogens is 314 g/mol. The Morgan fingerprint density at radius 3 is 2.65 bits per heavy atom. The van der Waals surface area contributed by atoms with Crippen LogP contribution in [0.15, 0.2) is 53.0 Å². The lowest BCUT2D eigenvalue weighted by atomic mass is 10.1. The highest BCUT2D eigenvalue weighted by Gasteiger charge is 2.12. The van der Waals surface area contributed by atoms with Crippen molar-refractivity contribution >= 4 is 15.9 Å². The molecule has 0 radical (unpaired) electrons. The van der Waals surface area contributed by atoms with Crippen molar-refractivity contribution in [1.82, 2.24) is 5.32 Å². The quantitative estimate of drug-likeness (QED) is 0.853. The molecule has 2 nitrogen and oxygen atoms in total. The fourth-order valence-corrected chi connectivity index (χ4v) is 2.53. The molecule has 1 atom stereocenters. The smallest absolute Gasteiger partial charge is 0.0953 e. The lowest BCUT2D eigenvalue weighted by molar-refractivity contribution is 0.0407. The number of ether oxygens (including phenoxy) is 1. The normalized spacial score (nSPS) is 12.3. The van der Waals surface area contributed by atoms with E-state index in [0.29, 0.717) is 6.61 Å². The van der Waals surface area contributed by atoms with Crippen LogP contribution in [0.4, 0.5) is 0 Å². The largest absolute Gasteiger partial charge is 0.367 e. The first-order valence-electron chi connectivity index (χ1n) is 6.77. The van der Waals surface area contributed by atoms with Crippen molar-refractivity contribution in [3.63, 3.8) is 0 Å². The fourth-order valence-electron chi connectivity index (χ4n) is 2.13. The van der Waals surface area contributed by atoms with Gasteiger partial charge in [-0.1, -0.05) is 64.0 Å². The van der Waals surface area contributed by atoms with Crippen molar-refractivity contribution in [2.24, 2.45) is 0 Å². The van der Waals surface area contributed by atoms with Crippen LogP contribution in [-0.2, 0) is 11.3 Å². The molecule has 2 rings (SSSR count). The summed E-state index contributed by atoms with van der Waals surface area (Å²) in [6.45, 7) is 3.50. The SMILES string of the molecule is CNCC(OCc1ccccc1Br)c1cccc(C)c1. The van der Waals surface area contributed by atoms with Gasteiger partial charge in [0.15, 0.2) is 0 Å². The monoisotopic (exact) mass is 333 g/mol. The van der Waals surface area contributed by atoms with E-state index in [1.54, 1.807) is 0 Å². The van der Waals surface area contributed by atoms with Crippen molar-refractivity contribution in [3.8, 4) is 0 Å². The summed E-state index contributed by atoms with van der Waals surface area (Å²) in [4.78, 5) is 0. The third kappa shape index (κ3) is 4.17. The van der Waals surface area contributed by atoms with Gasteiger partial charge in [0.05, 0.1) is 12.7 Å². The zero-order chi connectivity index (χ0) is 14.4. The van der Waals surface area contributed by atoms with Gasteiger partial charge in [-0.15, -0.1) is 0 Å². The van der Waals surface area contributed by atoms with Crippen LogP contribution in [-0.4, -0.2) is 13.6 Å². The Morgan fingerprint density at radius 1 is 1.15 bits per heavy atom. The van der Waals surface area contributed by atoms with Gasteiger partial charge in [0.2, 0.25) is 0 Å². The molecule has 0 heterocycles. The maximum absolute atomic E-state index is 6.10. The Hall–Kier alpha value is -1.16. The minimum Gasteiger partial charge on any atom is -0.367 e. The zero-order valence-electron chi connectivity index (χ0n) is 11.9. The summed E-state index contributed by atoms with van der Waals surface area (Å²) in [5.74, 6) is 0. The Bertz CT molecular complexity index is 556. The summed E-state index contributed by atoms with van der Waals surface area (Å²) >= 11 is 3.56. The van der Waals surface area contributed by atoms with Crippen LogP contribution in [0, 0.1) is 6.92 Å². The number of halogens is 1. The Labute approximate surface area is 129 Å². The van der Waals surface area contributed by atoms with Gasteiger partial charge in [-0.25, -0.2) is 0 Å². The number of hydrogen-bond acceptors (Lipinski definition) is 2. The Kier molecular flexibility index (Phi) is 5.77. The maximum Gasteiger partial charge on any atom is 0.0953 e. The average molecular weight is 334 g/mol. The number of benzene rings is 2. The van der Waals surface area contributed by atoms with Crippen LogP contribution in [0.1, 0.15) is 22.8 Å². The van der Waals surface area contributed by atoms with Crippen LogP contribution in [0.2, 0.25) is 0 Å². The van der Waals surface area contributed by atoms with E-state index in [2.05, 4.69) is 58.5 Å². The van der Waals surface area contributed by atoms with E-state index in [9.17, 15) is 0 Å². The number of rotatable bonds is 6. The lowest BCUT2D eigenvalue weighted by Gasteiger charge is -2.19. The standard InChI is InChI=1S/C17H20BrNO/c1-13-6-5-8-14(10-13)17(11-19-2)20-12-15-7-3-4-9-16(15)18/h3-10,17,19H,11-12H2,1-2H3. The highest BCUT2D eigenvalue weighted by atomic mass is 79.9. The van der Waals surface area contributed by atoms with Gasteiger partial charge in [-0.2, -0.15) is 0 Å². The van der Waals surface area contributed by atoms with Crippen molar-refractivity contribution in [1.29, 1.82) is 0 Å². The van der Waals surface area contributed by atoms with Gasteiger partial charge in [0, 0.05) is 11.0 Å². The molecule has 0 saturated carbocycles. The Morgan fingerprint density at radius 2 is 1.95 bits per heavy atom. The third-order valence-corrected chi connectivity index (χ3v) is 3.97. The second kappa shape index (κ2) is 7.58. The van der Waals surface area contributed by atoms with E-state index in [4.69, 9.17) is 4.74 Å². The third-order valence-electron chi connectivity index (χ3n) is 3.20. The van der Waals surface area contributed by atoms with Crippen LogP contribution in [0.5, 0.6) is 0 Å². The van der Waals surface area contributed by atoms with E-state index in [1.165, 1.54) is 16.7 Å². The summed E-state index contributed by atoms with van der Waals surface area (Å²) < 4.78 is 7.19. The molecule has 0 aliphatic carbocycles. The molecule has 0 aliphatic heterocycles. The molecule has 2 aromatic carbocycles. The first kappa shape index (κ1) is 15.2. The molecule has 3 heteroatoms. The van der Waals surface area contributed by atoms with Gasteiger partial charge in [0.1, 0.15) is 0 Å². The summed E-state index contributed by atoms with van der Waals surface area (Å²) in [5, 5.41) is 3.20. The van der Waals surface area contributed by atoms with Gasteiger partial charge < -0.3 is 10.1 Å².